The second-order valence-corrected chi connectivity index (χ2v) is 6.10. The summed E-state index contributed by atoms with van der Waals surface area (Å²) in [5.41, 5.74) is 4.68. The third kappa shape index (κ3) is 2.81. The summed E-state index contributed by atoms with van der Waals surface area (Å²) in [4.78, 5) is 9.03. The van der Waals surface area contributed by atoms with Gasteiger partial charge in [-0.3, -0.25) is 4.68 Å². The van der Waals surface area contributed by atoms with Crippen LogP contribution in [0.15, 0.2) is 49.2 Å². The number of aliphatic hydroxyl groups is 1. The normalized spacial score (nSPS) is 11.6. The molecule has 27 heavy (non-hydrogen) atoms. The topological polar surface area (TPSA) is 112 Å². The highest BCUT2D eigenvalue weighted by Crippen LogP contribution is 2.18. The first-order valence-electron chi connectivity index (χ1n) is 8.42. The molecule has 5 rings (SSSR count). The molecule has 0 aliphatic rings. The first-order chi connectivity index (χ1) is 13.3. The third-order valence-electron chi connectivity index (χ3n) is 4.28. The van der Waals surface area contributed by atoms with Crippen LogP contribution >= 0.6 is 0 Å². The van der Waals surface area contributed by atoms with Crippen LogP contribution in [0.5, 0.6) is 0 Å². The largest absolute Gasteiger partial charge is 0.394 e. The van der Waals surface area contributed by atoms with Crippen molar-refractivity contribution in [1.82, 2.24) is 44.4 Å². The molecule has 0 unspecified atom stereocenters. The van der Waals surface area contributed by atoms with Crippen molar-refractivity contribution in [3.8, 4) is 11.3 Å². The molecule has 5 aromatic rings. The summed E-state index contributed by atoms with van der Waals surface area (Å²) < 4.78 is 5.19. The zero-order valence-electron chi connectivity index (χ0n) is 14.2. The van der Waals surface area contributed by atoms with E-state index in [0.717, 1.165) is 16.6 Å². The molecule has 0 aliphatic carbocycles. The van der Waals surface area contributed by atoms with E-state index in [1.165, 1.54) is 0 Å². The van der Waals surface area contributed by atoms with Gasteiger partial charge in [0.05, 0.1) is 43.3 Å². The molecule has 134 valence electrons. The van der Waals surface area contributed by atoms with Crippen LogP contribution in [0.25, 0.3) is 28.1 Å². The Labute approximate surface area is 152 Å². The summed E-state index contributed by atoms with van der Waals surface area (Å²) in [6.07, 6.45) is 8.87. The second-order valence-electron chi connectivity index (χ2n) is 6.10. The van der Waals surface area contributed by atoms with Gasteiger partial charge in [-0.1, -0.05) is 5.21 Å². The van der Waals surface area contributed by atoms with Gasteiger partial charge in [0.15, 0.2) is 5.65 Å². The average molecular weight is 361 g/mol. The number of fused-ring (bicyclic) bond motifs is 2. The van der Waals surface area contributed by atoms with Gasteiger partial charge in [0, 0.05) is 24.2 Å². The molecule has 0 fully saturated rings. The lowest BCUT2D eigenvalue weighted by Gasteiger charge is -2.03. The van der Waals surface area contributed by atoms with Crippen LogP contribution in [0.1, 0.15) is 5.56 Å². The van der Waals surface area contributed by atoms with Gasteiger partial charge in [0.1, 0.15) is 0 Å². The highest BCUT2D eigenvalue weighted by atomic mass is 16.3. The van der Waals surface area contributed by atoms with E-state index < -0.39 is 0 Å². The Balaban J connectivity index is 1.45. The molecule has 5 aromatic heterocycles. The van der Waals surface area contributed by atoms with E-state index in [4.69, 9.17) is 5.11 Å². The standard InChI is InChI=1S/C17H15N9O/c27-6-5-24-11-13(8-20-24)15-9-18-17-16(21-15)22-23-26(17)10-12-2-4-25-14(7-12)1-3-19-25/h1-4,7-9,11,27H,5-6,10H2. The number of rotatable bonds is 5. The highest BCUT2D eigenvalue weighted by Gasteiger charge is 2.11. The summed E-state index contributed by atoms with van der Waals surface area (Å²) in [6, 6.07) is 5.99. The number of nitrogens with zero attached hydrogens (tertiary/aromatic N) is 9. The van der Waals surface area contributed by atoms with Gasteiger partial charge >= 0.3 is 0 Å². The van der Waals surface area contributed by atoms with E-state index in [9.17, 15) is 0 Å². The quantitative estimate of drug-likeness (QED) is 0.492. The summed E-state index contributed by atoms with van der Waals surface area (Å²) in [5, 5.41) is 25.7. The molecule has 10 nitrogen and oxygen atoms in total. The smallest absolute Gasteiger partial charge is 0.221 e. The molecule has 0 amide bonds. The average Bonchev–Trinajstić information content (AvgIpc) is 3.41. The van der Waals surface area contributed by atoms with Gasteiger partial charge < -0.3 is 5.11 Å². The lowest BCUT2D eigenvalue weighted by Crippen LogP contribution is -2.04. The molecule has 0 aromatic carbocycles. The van der Waals surface area contributed by atoms with Crippen LogP contribution in [0.4, 0.5) is 0 Å². The van der Waals surface area contributed by atoms with Crippen molar-refractivity contribution in [2.75, 3.05) is 6.61 Å². The molecule has 0 bridgehead atoms. The summed E-state index contributed by atoms with van der Waals surface area (Å²) >= 11 is 0. The van der Waals surface area contributed by atoms with Crippen molar-refractivity contribution in [2.24, 2.45) is 0 Å². The molecule has 5 heterocycles. The Morgan fingerprint density at radius 1 is 1.11 bits per heavy atom. The molecule has 0 saturated carbocycles. The Morgan fingerprint density at radius 2 is 2.07 bits per heavy atom. The summed E-state index contributed by atoms with van der Waals surface area (Å²) in [6.45, 7) is 1.01. The molecular formula is C17H15N9O. The van der Waals surface area contributed by atoms with E-state index in [1.54, 1.807) is 28.0 Å². The fourth-order valence-corrected chi connectivity index (χ4v) is 2.97. The molecule has 0 atom stereocenters. The minimum Gasteiger partial charge on any atom is -0.394 e. The minimum absolute atomic E-state index is 0.0330. The van der Waals surface area contributed by atoms with Crippen LogP contribution < -0.4 is 0 Å². The summed E-state index contributed by atoms with van der Waals surface area (Å²) in [5.74, 6) is 0. The predicted molar refractivity (Wildman–Crippen MR) is 95.7 cm³/mol. The molecule has 0 aliphatic heterocycles. The number of hydrogen-bond acceptors (Lipinski definition) is 7. The van der Waals surface area contributed by atoms with Crippen LogP contribution in [-0.4, -0.2) is 56.1 Å². The van der Waals surface area contributed by atoms with Gasteiger partial charge in [-0.05, 0) is 23.8 Å². The first kappa shape index (κ1) is 15.6. The van der Waals surface area contributed by atoms with Crippen molar-refractivity contribution in [3.05, 3.63) is 54.7 Å². The van der Waals surface area contributed by atoms with E-state index in [0.29, 0.717) is 30.1 Å². The maximum Gasteiger partial charge on any atom is 0.221 e. The van der Waals surface area contributed by atoms with Gasteiger partial charge in [0.25, 0.3) is 0 Å². The molecule has 10 heteroatoms. The third-order valence-corrected chi connectivity index (χ3v) is 4.28. The molecule has 1 N–H and O–H groups in total. The number of hydrogen-bond donors (Lipinski definition) is 1. The number of aromatic nitrogens is 9. The van der Waals surface area contributed by atoms with Crippen molar-refractivity contribution < 1.29 is 5.11 Å². The Bertz CT molecular complexity index is 1240. The van der Waals surface area contributed by atoms with E-state index >= 15 is 0 Å². The number of pyridine rings is 1. The van der Waals surface area contributed by atoms with Crippen molar-refractivity contribution >= 4 is 16.8 Å². The van der Waals surface area contributed by atoms with E-state index in [1.807, 2.05) is 29.0 Å². The van der Waals surface area contributed by atoms with E-state index in [2.05, 4.69) is 36.5 Å². The lowest BCUT2D eigenvalue weighted by atomic mass is 10.2. The van der Waals surface area contributed by atoms with Crippen LogP contribution in [0.2, 0.25) is 0 Å². The van der Waals surface area contributed by atoms with Crippen molar-refractivity contribution in [2.45, 2.75) is 13.1 Å². The highest BCUT2D eigenvalue weighted by molar-refractivity contribution is 5.69. The second kappa shape index (κ2) is 6.25. The molecule has 0 spiro atoms. The van der Waals surface area contributed by atoms with Gasteiger partial charge in [-0.15, -0.1) is 5.10 Å². The van der Waals surface area contributed by atoms with Crippen LogP contribution in [0.3, 0.4) is 0 Å². The first-order valence-corrected chi connectivity index (χ1v) is 8.42. The van der Waals surface area contributed by atoms with Gasteiger partial charge in [0.2, 0.25) is 5.65 Å². The summed E-state index contributed by atoms with van der Waals surface area (Å²) in [7, 11) is 0. The maximum absolute atomic E-state index is 9.00. The maximum atomic E-state index is 9.00. The fourth-order valence-electron chi connectivity index (χ4n) is 2.97. The zero-order valence-corrected chi connectivity index (χ0v) is 14.2. The van der Waals surface area contributed by atoms with Crippen LogP contribution in [-0.2, 0) is 13.1 Å². The van der Waals surface area contributed by atoms with Gasteiger partial charge in [-0.2, -0.15) is 10.2 Å². The van der Waals surface area contributed by atoms with Crippen LogP contribution in [0, 0.1) is 0 Å². The molecular weight excluding hydrogens is 346 g/mol. The monoisotopic (exact) mass is 361 g/mol. The van der Waals surface area contributed by atoms with E-state index in [-0.39, 0.29) is 6.61 Å². The molecule has 0 saturated heterocycles. The number of aliphatic hydroxyl groups excluding tert-OH is 1. The SMILES string of the molecule is OCCn1cc(-c2cnc3c(nnn3Cc3ccn4nccc4c3)n2)cn1. The van der Waals surface area contributed by atoms with Crippen molar-refractivity contribution in [1.29, 1.82) is 0 Å². The Hall–Kier alpha value is -3.66. The Morgan fingerprint density at radius 3 is 3.00 bits per heavy atom. The predicted octanol–water partition coefficient (Wildman–Crippen LogP) is 0.773. The lowest BCUT2D eigenvalue weighted by molar-refractivity contribution is 0.269. The Kier molecular flexibility index (Phi) is 3.61. The fraction of sp³-hybridized carbons (Fsp3) is 0.176. The molecule has 0 radical (unpaired) electrons. The minimum atomic E-state index is 0.0330. The zero-order chi connectivity index (χ0) is 18.2. The van der Waals surface area contributed by atoms with Gasteiger partial charge in [-0.25, -0.2) is 19.2 Å². The van der Waals surface area contributed by atoms with Crippen molar-refractivity contribution in [3.63, 3.8) is 0 Å².